The van der Waals surface area contributed by atoms with E-state index in [0.717, 1.165) is 19.3 Å². The minimum atomic E-state index is -0.364. The van der Waals surface area contributed by atoms with Crippen LogP contribution < -0.4 is 5.32 Å². The van der Waals surface area contributed by atoms with Gasteiger partial charge in [-0.25, -0.2) is 0 Å². The van der Waals surface area contributed by atoms with Crippen molar-refractivity contribution in [2.45, 2.75) is 36.6 Å². The van der Waals surface area contributed by atoms with E-state index in [1.165, 1.54) is 24.6 Å². The van der Waals surface area contributed by atoms with Crippen molar-refractivity contribution in [1.29, 1.82) is 0 Å². The maximum Gasteiger partial charge on any atom is 0.255 e. The van der Waals surface area contributed by atoms with Gasteiger partial charge in [0, 0.05) is 10.9 Å². The number of carbonyl (C=O) groups excluding carboxylic acids is 1. The first-order valence-electron chi connectivity index (χ1n) is 6.05. The third-order valence-electron chi connectivity index (χ3n) is 3.26. The van der Waals surface area contributed by atoms with Gasteiger partial charge in [0.15, 0.2) is 11.5 Å². The fourth-order valence-corrected chi connectivity index (χ4v) is 2.93. The van der Waals surface area contributed by atoms with Crippen LogP contribution in [0.4, 0.5) is 0 Å². The van der Waals surface area contributed by atoms with Gasteiger partial charge in [0.05, 0.1) is 5.56 Å². The van der Waals surface area contributed by atoms with Gasteiger partial charge in [-0.1, -0.05) is 34.8 Å². The fraction of sp³-hybridized carbons (Fsp3) is 0.462. The molecular weight excluding hydrogens is 298 g/mol. The Kier molecular flexibility index (Phi) is 4.11. The quantitative estimate of drug-likeness (QED) is 0.580. The second kappa shape index (κ2) is 5.61. The van der Waals surface area contributed by atoms with Crippen LogP contribution >= 0.6 is 15.9 Å². The van der Waals surface area contributed by atoms with Gasteiger partial charge < -0.3 is 15.5 Å². The highest BCUT2D eigenvalue weighted by atomic mass is 79.9. The lowest BCUT2D eigenvalue weighted by molar-refractivity contribution is 0.0926. The summed E-state index contributed by atoms with van der Waals surface area (Å²) in [6.07, 6.45) is 4.23. The van der Waals surface area contributed by atoms with E-state index in [1.54, 1.807) is 0 Å². The van der Waals surface area contributed by atoms with Gasteiger partial charge in [-0.05, 0) is 25.0 Å². The monoisotopic (exact) mass is 313 g/mol. The summed E-state index contributed by atoms with van der Waals surface area (Å²) in [6, 6.07) is 4.46. The number of alkyl halides is 1. The lowest BCUT2D eigenvalue weighted by Gasteiger charge is -2.28. The molecule has 1 aromatic rings. The number of phenols is 2. The lowest BCUT2D eigenvalue weighted by Crippen LogP contribution is -2.42. The van der Waals surface area contributed by atoms with Crippen molar-refractivity contribution in [2.75, 3.05) is 0 Å². The zero-order valence-corrected chi connectivity index (χ0v) is 11.5. The van der Waals surface area contributed by atoms with Gasteiger partial charge in [0.2, 0.25) is 0 Å². The van der Waals surface area contributed by atoms with Crippen LogP contribution in [-0.4, -0.2) is 27.0 Å². The van der Waals surface area contributed by atoms with E-state index in [4.69, 9.17) is 0 Å². The minimum absolute atomic E-state index is 0.0769. The smallest absolute Gasteiger partial charge is 0.255 e. The molecule has 1 aromatic carbocycles. The number of para-hydroxylation sites is 1. The first-order chi connectivity index (χ1) is 8.59. The van der Waals surface area contributed by atoms with Crippen LogP contribution in [0, 0.1) is 0 Å². The van der Waals surface area contributed by atoms with Gasteiger partial charge in [-0.2, -0.15) is 0 Å². The Morgan fingerprint density at radius 1 is 1.28 bits per heavy atom. The Morgan fingerprint density at radius 2 is 2.00 bits per heavy atom. The molecule has 0 bridgehead atoms. The molecule has 0 heterocycles. The minimum Gasteiger partial charge on any atom is -0.504 e. The summed E-state index contributed by atoms with van der Waals surface area (Å²) in [6.45, 7) is 0. The SMILES string of the molecule is O=C(NC1CCCCC1Br)c1cccc(O)c1O. The number of amides is 1. The summed E-state index contributed by atoms with van der Waals surface area (Å²) in [7, 11) is 0. The number of phenolic OH excluding ortho intramolecular Hbond substituents is 2. The largest absolute Gasteiger partial charge is 0.504 e. The fourth-order valence-electron chi connectivity index (χ4n) is 2.21. The van der Waals surface area contributed by atoms with E-state index < -0.39 is 0 Å². The first kappa shape index (κ1) is 13.2. The molecule has 0 radical (unpaired) electrons. The molecule has 18 heavy (non-hydrogen) atoms. The molecule has 3 N–H and O–H groups in total. The first-order valence-corrected chi connectivity index (χ1v) is 6.97. The molecule has 1 amide bonds. The summed E-state index contributed by atoms with van der Waals surface area (Å²) in [5.41, 5.74) is 0.111. The standard InChI is InChI=1S/C13H16BrNO3/c14-9-5-1-2-6-10(9)15-13(18)8-4-3-7-11(16)12(8)17/h3-4,7,9-10,16-17H,1-2,5-6H2,(H,15,18). The molecule has 0 aromatic heterocycles. The summed E-state index contributed by atoms with van der Waals surface area (Å²) in [5, 5.41) is 21.9. The van der Waals surface area contributed by atoms with E-state index in [0.29, 0.717) is 0 Å². The number of hydrogen-bond acceptors (Lipinski definition) is 3. The molecule has 1 fully saturated rings. The molecule has 0 aliphatic heterocycles. The second-order valence-electron chi connectivity index (χ2n) is 4.55. The second-order valence-corrected chi connectivity index (χ2v) is 5.73. The molecule has 1 saturated carbocycles. The molecule has 98 valence electrons. The van der Waals surface area contributed by atoms with Crippen LogP contribution in [0.5, 0.6) is 11.5 Å². The van der Waals surface area contributed by atoms with Gasteiger partial charge >= 0.3 is 0 Å². The van der Waals surface area contributed by atoms with Crippen LogP contribution in [0.15, 0.2) is 18.2 Å². The van der Waals surface area contributed by atoms with Crippen molar-refractivity contribution in [3.63, 3.8) is 0 Å². The zero-order valence-electron chi connectivity index (χ0n) is 9.90. The number of aromatic hydroxyl groups is 2. The van der Waals surface area contributed by atoms with Gasteiger partial charge in [0.1, 0.15) is 0 Å². The third-order valence-corrected chi connectivity index (χ3v) is 4.35. The van der Waals surface area contributed by atoms with Crippen LogP contribution in [0.2, 0.25) is 0 Å². The topological polar surface area (TPSA) is 69.6 Å². The summed E-state index contributed by atoms with van der Waals surface area (Å²) in [5.74, 6) is -0.988. The maximum absolute atomic E-state index is 12.0. The van der Waals surface area contributed by atoms with Gasteiger partial charge in [-0.3, -0.25) is 4.79 Å². The number of nitrogens with one attached hydrogen (secondary N) is 1. The van der Waals surface area contributed by atoms with Crippen LogP contribution in [-0.2, 0) is 0 Å². The van der Waals surface area contributed by atoms with E-state index in [1.807, 2.05) is 0 Å². The molecule has 2 rings (SSSR count). The van der Waals surface area contributed by atoms with Crippen molar-refractivity contribution < 1.29 is 15.0 Å². The molecule has 5 heteroatoms. The van der Waals surface area contributed by atoms with E-state index in [2.05, 4.69) is 21.2 Å². The van der Waals surface area contributed by atoms with E-state index in [-0.39, 0.29) is 33.8 Å². The number of carbonyl (C=O) groups is 1. The lowest BCUT2D eigenvalue weighted by atomic mass is 9.95. The highest BCUT2D eigenvalue weighted by molar-refractivity contribution is 9.09. The zero-order chi connectivity index (χ0) is 13.1. The van der Waals surface area contributed by atoms with Crippen molar-refractivity contribution in [3.8, 4) is 11.5 Å². The maximum atomic E-state index is 12.0. The van der Waals surface area contributed by atoms with Gasteiger partial charge in [0.25, 0.3) is 5.91 Å². The normalized spacial score (nSPS) is 23.6. The molecule has 4 nitrogen and oxygen atoms in total. The van der Waals surface area contributed by atoms with Crippen molar-refractivity contribution >= 4 is 21.8 Å². The molecule has 2 atom stereocenters. The highest BCUT2D eigenvalue weighted by Gasteiger charge is 2.25. The average Bonchev–Trinajstić information content (AvgIpc) is 2.35. The Hall–Kier alpha value is -1.23. The van der Waals surface area contributed by atoms with Crippen molar-refractivity contribution in [3.05, 3.63) is 23.8 Å². The van der Waals surface area contributed by atoms with Crippen molar-refractivity contribution in [1.82, 2.24) is 5.32 Å². The molecule has 1 aliphatic rings. The van der Waals surface area contributed by atoms with Crippen LogP contribution in [0.3, 0.4) is 0 Å². The van der Waals surface area contributed by atoms with E-state index >= 15 is 0 Å². The van der Waals surface area contributed by atoms with E-state index in [9.17, 15) is 15.0 Å². The Bertz CT molecular complexity index is 450. The van der Waals surface area contributed by atoms with Gasteiger partial charge in [-0.15, -0.1) is 0 Å². The summed E-state index contributed by atoms with van der Waals surface area (Å²) < 4.78 is 0. The predicted molar refractivity (Wildman–Crippen MR) is 72.2 cm³/mol. The summed E-state index contributed by atoms with van der Waals surface area (Å²) in [4.78, 5) is 12.3. The van der Waals surface area contributed by atoms with Crippen molar-refractivity contribution in [2.24, 2.45) is 0 Å². The molecular formula is C13H16BrNO3. The molecule has 0 saturated heterocycles. The predicted octanol–water partition coefficient (Wildman–Crippen LogP) is 2.53. The number of rotatable bonds is 2. The van der Waals surface area contributed by atoms with Crippen LogP contribution in [0.1, 0.15) is 36.0 Å². The molecule has 2 unspecified atom stereocenters. The Balaban J connectivity index is 2.09. The average molecular weight is 314 g/mol. The van der Waals surface area contributed by atoms with Crippen LogP contribution in [0.25, 0.3) is 0 Å². The third kappa shape index (κ3) is 2.77. The number of hydrogen-bond donors (Lipinski definition) is 3. The Morgan fingerprint density at radius 3 is 2.72 bits per heavy atom. The number of benzene rings is 1. The molecule has 1 aliphatic carbocycles. The Labute approximate surface area is 114 Å². The number of halogens is 1. The summed E-state index contributed by atoms with van der Waals surface area (Å²) >= 11 is 3.56. The molecule has 0 spiro atoms. The highest BCUT2D eigenvalue weighted by Crippen LogP contribution is 2.29.